The highest BCUT2D eigenvalue weighted by atomic mass is 16.5. The highest BCUT2D eigenvalue weighted by molar-refractivity contribution is 5.39. The summed E-state index contributed by atoms with van der Waals surface area (Å²) in [6.45, 7) is 6.24. The molecule has 0 bridgehead atoms. The molecule has 1 atom stereocenters. The molecule has 0 radical (unpaired) electrons. The van der Waals surface area contributed by atoms with Gasteiger partial charge in [-0.3, -0.25) is 0 Å². The summed E-state index contributed by atoms with van der Waals surface area (Å²) in [5.74, 6) is 0.865. The third-order valence-corrected chi connectivity index (χ3v) is 3.94. The number of hydrogen-bond donors (Lipinski definition) is 1. The fraction of sp³-hybridized carbons (Fsp3) is 0.368. The van der Waals surface area contributed by atoms with Crippen molar-refractivity contribution in [3.63, 3.8) is 0 Å². The first-order chi connectivity index (χ1) is 10.0. The van der Waals surface area contributed by atoms with Crippen molar-refractivity contribution in [2.24, 2.45) is 0 Å². The number of benzene rings is 2. The Morgan fingerprint density at radius 2 is 1.57 bits per heavy atom. The second kappa shape index (κ2) is 6.77. The molecule has 0 saturated carbocycles. The summed E-state index contributed by atoms with van der Waals surface area (Å²) in [5.41, 5.74) is 5.90. The van der Waals surface area contributed by atoms with Crippen molar-refractivity contribution in [1.29, 1.82) is 0 Å². The Kier molecular flexibility index (Phi) is 5.03. The van der Waals surface area contributed by atoms with Gasteiger partial charge in [-0.25, -0.2) is 0 Å². The number of ether oxygens (including phenoxy) is 1. The van der Waals surface area contributed by atoms with Crippen LogP contribution >= 0.6 is 0 Å². The number of rotatable bonds is 5. The predicted octanol–water partition coefficient (Wildman–Crippen LogP) is 4.29. The molecule has 0 heterocycles. The van der Waals surface area contributed by atoms with Crippen molar-refractivity contribution in [2.75, 3.05) is 7.11 Å². The summed E-state index contributed by atoms with van der Waals surface area (Å²) < 4.78 is 5.16. The van der Waals surface area contributed by atoms with E-state index in [-0.39, 0.29) is 0 Å². The highest BCUT2D eigenvalue weighted by Gasteiger charge is 2.13. The standard InChI is InChI=1S/C19H24O2/c1-13-11-14(2)19(15(3)12-13)18(20)10-7-16-5-8-17(21-4)9-6-16/h5-6,8-9,11-12,18,20H,7,10H2,1-4H3. The van der Waals surface area contributed by atoms with Crippen LogP contribution in [0.15, 0.2) is 36.4 Å². The minimum atomic E-state index is -0.410. The van der Waals surface area contributed by atoms with Crippen LogP contribution in [0.3, 0.4) is 0 Å². The molecular weight excluding hydrogens is 260 g/mol. The first kappa shape index (κ1) is 15.6. The monoisotopic (exact) mass is 284 g/mol. The van der Waals surface area contributed by atoms with Crippen LogP contribution < -0.4 is 4.74 Å². The van der Waals surface area contributed by atoms with E-state index in [1.807, 2.05) is 12.1 Å². The third kappa shape index (κ3) is 3.85. The van der Waals surface area contributed by atoms with Crippen LogP contribution in [-0.2, 0) is 6.42 Å². The molecular formula is C19H24O2. The van der Waals surface area contributed by atoms with E-state index in [1.54, 1.807) is 7.11 Å². The van der Waals surface area contributed by atoms with E-state index >= 15 is 0 Å². The summed E-state index contributed by atoms with van der Waals surface area (Å²) in [4.78, 5) is 0. The summed E-state index contributed by atoms with van der Waals surface area (Å²) >= 11 is 0. The molecule has 0 aliphatic carbocycles. The molecule has 2 nitrogen and oxygen atoms in total. The van der Waals surface area contributed by atoms with Gasteiger partial charge in [-0.05, 0) is 68.0 Å². The van der Waals surface area contributed by atoms with Crippen LogP contribution in [0.4, 0.5) is 0 Å². The smallest absolute Gasteiger partial charge is 0.118 e. The molecule has 1 unspecified atom stereocenters. The first-order valence-electron chi connectivity index (χ1n) is 7.40. The second-order valence-corrected chi connectivity index (χ2v) is 5.71. The van der Waals surface area contributed by atoms with E-state index in [9.17, 15) is 5.11 Å². The maximum Gasteiger partial charge on any atom is 0.118 e. The minimum absolute atomic E-state index is 0.410. The topological polar surface area (TPSA) is 29.5 Å². The summed E-state index contributed by atoms with van der Waals surface area (Å²) in [6, 6.07) is 12.3. The largest absolute Gasteiger partial charge is 0.497 e. The van der Waals surface area contributed by atoms with Gasteiger partial charge in [0.15, 0.2) is 0 Å². The normalized spacial score (nSPS) is 12.2. The summed E-state index contributed by atoms with van der Waals surface area (Å²) in [5, 5.41) is 10.5. The van der Waals surface area contributed by atoms with Crippen molar-refractivity contribution in [3.8, 4) is 5.75 Å². The molecule has 2 rings (SSSR count). The number of aryl methyl sites for hydroxylation is 4. The Bertz CT molecular complexity index is 576. The maximum atomic E-state index is 10.5. The van der Waals surface area contributed by atoms with Crippen molar-refractivity contribution in [3.05, 3.63) is 64.2 Å². The average molecular weight is 284 g/mol. The van der Waals surface area contributed by atoms with Crippen LogP contribution in [0.2, 0.25) is 0 Å². The van der Waals surface area contributed by atoms with Gasteiger partial charge < -0.3 is 9.84 Å². The maximum absolute atomic E-state index is 10.5. The lowest BCUT2D eigenvalue weighted by atomic mass is 9.92. The summed E-state index contributed by atoms with van der Waals surface area (Å²) in [7, 11) is 1.67. The lowest BCUT2D eigenvalue weighted by Crippen LogP contribution is -2.05. The Balaban J connectivity index is 2.06. The van der Waals surface area contributed by atoms with Gasteiger partial charge >= 0.3 is 0 Å². The van der Waals surface area contributed by atoms with E-state index in [0.717, 1.165) is 24.2 Å². The minimum Gasteiger partial charge on any atom is -0.497 e. The van der Waals surface area contributed by atoms with Gasteiger partial charge in [0, 0.05) is 0 Å². The van der Waals surface area contributed by atoms with E-state index < -0.39 is 6.10 Å². The number of aliphatic hydroxyl groups is 1. The summed E-state index contributed by atoms with van der Waals surface area (Å²) in [6.07, 6.45) is 1.18. The van der Waals surface area contributed by atoms with Gasteiger partial charge in [0.05, 0.1) is 13.2 Å². The molecule has 2 heteroatoms. The van der Waals surface area contributed by atoms with Crippen LogP contribution in [0, 0.1) is 20.8 Å². The Labute approximate surface area is 127 Å². The highest BCUT2D eigenvalue weighted by Crippen LogP contribution is 2.27. The molecule has 0 aliphatic heterocycles. The molecule has 112 valence electrons. The number of hydrogen-bond acceptors (Lipinski definition) is 2. The lowest BCUT2D eigenvalue weighted by molar-refractivity contribution is 0.166. The SMILES string of the molecule is COc1ccc(CCC(O)c2c(C)cc(C)cc2C)cc1. The van der Waals surface area contributed by atoms with Crippen LogP contribution in [0.5, 0.6) is 5.75 Å². The predicted molar refractivity (Wildman–Crippen MR) is 86.9 cm³/mol. The zero-order chi connectivity index (χ0) is 15.4. The van der Waals surface area contributed by atoms with Crippen LogP contribution in [0.1, 0.15) is 40.3 Å². The second-order valence-electron chi connectivity index (χ2n) is 5.71. The average Bonchev–Trinajstić information content (AvgIpc) is 2.44. The molecule has 0 saturated heterocycles. The van der Waals surface area contributed by atoms with E-state index in [1.165, 1.54) is 22.3 Å². The van der Waals surface area contributed by atoms with Gasteiger partial charge in [0.1, 0.15) is 5.75 Å². The molecule has 0 fully saturated rings. The third-order valence-electron chi connectivity index (χ3n) is 3.94. The molecule has 0 spiro atoms. The Morgan fingerprint density at radius 3 is 2.10 bits per heavy atom. The van der Waals surface area contributed by atoms with E-state index in [4.69, 9.17) is 4.74 Å². The molecule has 2 aromatic rings. The van der Waals surface area contributed by atoms with Crippen molar-refractivity contribution in [2.45, 2.75) is 39.7 Å². The zero-order valence-electron chi connectivity index (χ0n) is 13.3. The number of methoxy groups -OCH3 is 1. The van der Waals surface area contributed by atoms with Crippen LogP contribution in [0.25, 0.3) is 0 Å². The quantitative estimate of drug-likeness (QED) is 0.887. The van der Waals surface area contributed by atoms with Gasteiger partial charge in [-0.1, -0.05) is 29.8 Å². The van der Waals surface area contributed by atoms with Crippen LogP contribution in [-0.4, -0.2) is 12.2 Å². The first-order valence-corrected chi connectivity index (χ1v) is 7.40. The van der Waals surface area contributed by atoms with E-state index in [2.05, 4.69) is 45.0 Å². The fourth-order valence-electron chi connectivity index (χ4n) is 2.96. The fourth-order valence-corrected chi connectivity index (χ4v) is 2.96. The van der Waals surface area contributed by atoms with Gasteiger partial charge in [-0.15, -0.1) is 0 Å². The molecule has 21 heavy (non-hydrogen) atoms. The molecule has 0 aliphatic rings. The van der Waals surface area contributed by atoms with Crippen molar-refractivity contribution < 1.29 is 9.84 Å². The molecule has 1 N–H and O–H groups in total. The molecule has 2 aromatic carbocycles. The zero-order valence-corrected chi connectivity index (χ0v) is 13.3. The van der Waals surface area contributed by atoms with Gasteiger partial charge in [0.2, 0.25) is 0 Å². The van der Waals surface area contributed by atoms with Gasteiger partial charge in [-0.2, -0.15) is 0 Å². The molecule has 0 amide bonds. The Morgan fingerprint density at radius 1 is 1.00 bits per heavy atom. The van der Waals surface area contributed by atoms with Crippen molar-refractivity contribution >= 4 is 0 Å². The Hall–Kier alpha value is -1.80. The molecule has 0 aromatic heterocycles. The van der Waals surface area contributed by atoms with Gasteiger partial charge in [0.25, 0.3) is 0 Å². The lowest BCUT2D eigenvalue weighted by Gasteiger charge is -2.17. The van der Waals surface area contributed by atoms with E-state index in [0.29, 0.717) is 0 Å². The number of aliphatic hydroxyl groups excluding tert-OH is 1. The van der Waals surface area contributed by atoms with Crippen molar-refractivity contribution in [1.82, 2.24) is 0 Å².